The number of hydrogen-bond acceptors (Lipinski definition) is 6. The molecule has 118 valence electrons. The first-order valence-electron chi connectivity index (χ1n) is 7.31. The first kappa shape index (κ1) is 14.0. The lowest BCUT2D eigenvalue weighted by atomic mass is 10.00. The summed E-state index contributed by atoms with van der Waals surface area (Å²) >= 11 is 0. The Labute approximate surface area is 132 Å². The Kier molecular flexibility index (Phi) is 3.61. The van der Waals surface area contributed by atoms with Gasteiger partial charge in [0.05, 0.1) is 13.2 Å². The lowest BCUT2D eigenvalue weighted by Gasteiger charge is -2.12. The molecule has 23 heavy (non-hydrogen) atoms. The van der Waals surface area contributed by atoms with E-state index in [0.717, 1.165) is 16.7 Å². The fourth-order valence-corrected chi connectivity index (χ4v) is 2.71. The molecule has 6 nitrogen and oxygen atoms in total. The van der Waals surface area contributed by atoms with Crippen molar-refractivity contribution in [1.29, 1.82) is 0 Å². The van der Waals surface area contributed by atoms with E-state index in [9.17, 15) is 5.21 Å². The summed E-state index contributed by atoms with van der Waals surface area (Å²) in [4.78, 5) is 0. The lowest BCUT2D eigenvalue weighted by molar-refractivity contribution is -0.0441. The van der Waals surface area contributed by atoms with E-state index in [1.54, 1.807) is 12.1 Å². The highest BCUT2D eigenvalue weighted by atomic mass is 16.7. The van der Waals surface area contributed by atoms with E-state index >= 15 is 0 Å². The van der Waals surface area contributed by atoms with Crippen LogP contribution in [0.3, 0.4) is 0 Å². The molecule has 0 unspecified atom stereocenters. The molecule has 1 saturated heterocycles. The number of fused-ring (bicyclic) bond motifs is 1. The maximum atomic E-state index is 9.49. The smallest absolute Gasteiger partial charge is 0.231 e. The standard InChI is InChI=1S/C17H15NO5/c19-18-16(12-4-5-14-15(9-12)23-10-22-14)11-2-1-3-13(8-11)17-20-6-7-21-17/h1-5,8-9,17,19H,6-7,10H2/b18-16+. The van der Waals surface area contributed by atoms with Crippen molar-refractivity contribution < 1.29 is 24.2 Å². The zero-order valence-electron chi connectivity index (χ0n) is 12.3. The number of benzene rings is 2. The molecule has 0 amide bonds. The second kappa shape index (κ2) is 5.91. The fourth-order valence-electron chi connectivity index (χ4n) is 2.71. The second-order valence-electron chi connectivity index (χ2n) is 5.22. The molecule has 0 radical (unpaired) electrons. The summed E-state index contributed by atoms with van der Waals surface area (Å²) in [5.41, 5.74) is 2.84. The topological polar surface area (TPSA) is 69.5 Å². The molecule has 6 heteroatoms. The maximum absolute atomic E-state index is 9.49. The van der Waals surface area contributed by atoms with Gasteiger partial charge in [-0.05, 0) is 24.3 Å². The van der Waals surface area contributed by atoms with Crippen LogP contribution in [0.4, 0.5) is 0 Å². The Bertz CT molecular complexity index is 752. The molecule has 2 heterocycles. The number of rotatable bonds is 3. The van der Waals surface area contributed by atoms with E-state index < -0.39 is 0 Å². The SMILES string of the molecule is O/N=C(\c1cccc(C2OCCO2)c1)c1ccc2c(c1)OCO2. The summed E-state index contributed by atoms with van der Waals surface area (Å²) in [6.45, 7) is 1.37. The van der Waals surface area contributed by atoms with Crippen molar-refractivity contribution in [3.63, 3.8) is 0 Å². The van der Waals surface area contributed by atoms with Gasteiger partial charge in [-0.15, -0.1) is 0 Å². The highest BCUT2D eigenvalue weighted by Crippen LogP contribution is 2.33. The summed E-state index contributed by atoms with van der Waals surface area (Å²) < 4.78 is 21.7. The van der Waals surface area contributed by atoms with Crippen molar-refractivity contribution in [1.82, 2.24) is 0 Å². The lowest BCUT2D eigenvalue weighted by Crippen LogP contribution is -2.06. The van der Waals surface area contributed by atoms with Gasteiger partial charge in [-0.25, -0.2) is 0 Å². The minimum atomic E-state index is -0.369. The summed E-state index contributed by atoms with van der Waals surface area (Å²) in [5.74, 6) is 1.33. The minimum absolute atomic E-state index is 0.205. The molecule has 1 fully saturated rings. The molecule has 2 aliphatic heterocycles. The van der Waals surface area contributed by atoms with E-state index in [1.807, 2.05) is 30.3 Å². The Morgan fingerprint density at radius 2 is 1.74 bits per heavy atom. The van der Waals surface area contributed by atoms with E-state index in [1.165, 1.54) is 0 Å². The van der Waals surface area contributed by atoms with Crippen LogP contribution in [0.25, 0.3) is 0 Å². The van der Waals surface area contributed by atoms with Crippen LogP contribution < -0.4 is 9.47 Å². The minimum Gasteiger partial charge on any atom is -0.454 e. The zero-order valence-corrected chi connectivity index (χ0v) is 12.3. The molecule has 0 bridgehead atoms. The Morgan fingerprint density at radius 3 is 2.57 bits per heavy atom. The third-order valence-electron chi connectivity index (χ3n) is 3.80. The average Bonchev–Trinajstić information content (AvgIpc) is 3.27. The molecule has 0 aromatic heterocycles. The summed E-state index contributed by atoms with van der Waals surface area (Å²) in [6, 6.07) is 13.0. The van der Waals surface area contributed by atoms with E-state index in [0.29, 0.717) is 30.4 Å². The van der Waals surface area contributed by atoms with Crippen LogP contribution in [0.2, 0.25) is 0 Å². The van der Waals surface area contributed by atoms with Crippen LogP contribution in [-0.2, 0) is 9.47 Å². The zero-order chi connectivity index (χ0) is 15.6. The van der Waals surface area contributed by atoms with Crippen molar-refractivity contribution in [2.24, 2.45) is 5.16 Å². The van der Waals surface area contributed by atoms with Crippen molar-refractivity contribution >= 4 is 5.71 Å². The molecule has 2 aromatic rings. The van der Waals surface area contributed by atoms with E-state index in [2.05, 4.69) is 5.16 Å². The summed E-state index contributed by atoms with van der Waals surface area (Å²) in [6.07, 6.45) is -0.369. The van der Waals surface area contributed by atoms with Gasteiger partial charge in [0.2, 0.25) is 6.79 Å². The quantitative estimate of drug-likeness (QED) is 0.536. The van der Waals surface area contributed by atoms with Gasteiger partial charge in [-0.1, -0.05) is 23.4 Å². The summed E-state index contributed by atoms with van der Waals surface area (Å²) in [7, 11) is 0. The Morgan fingerprint density at radius 1 is 0.957 bits per heavy atom. The van der Waals surface area contributed by atoms with Crippen molar-refractivity contribution in [3.8, 4) is 11.5 Å². The van der Waals surface area contributed by atoms with Gasteiger partial charge in [-0.3, -0.25) is 0 Å². The largest absolute Gasteiger partial charge is 0.454 e. The first-order chi connectivity index (χ1) is 11.3. The van der Waals surface area contributed by atoms with Crippen molar-refractivity contribution in [3.05, 3.63) is 59.2 Å². The van der Waals surface area contributed by atoms with E-state index in [4.69, 9.17) is 18.9 Å². The highest BCUT2D eigenvalue weighted by Gasteiger charge is 2.20. The molecule has 2 aliphatic rings. The predicted octanol–water partition coefficient (Wildman–Crippen LogP) is 2.69. The van der Waals surface area contributed by atoms with Gasteiger partial charge in [0.25, 0.3) is 0 Å². The van der Waals surface area contributed by atoms with Gasteiger partial charge in [0, 0.05) is 16.7 Å². The first-order valence-corrected chi connectivity index (χ1v) is 7.31. The summed E-state index contributed by atoms with van der Waals surface area (Å²) in [5, 5.41) is 13.0. The van der Waals surface area contributed by atoms with Crippen LogP contribution in [0.1, 0.15) is 23.0 Å². The third kappa shape index (κ3) is 2.62. The number of hydrogen-bond donors (Lipinski definition) is 1. The van der Waals surface area contributed by atoms with Gasteiger partial charge in [-0.2, -0.15) is 0 Å². The Hall–Kier alpha value is -2.57. The van der Waals surface area contributed by atoms with Crippen LogP contribution in [-0.4, -0.2) is 30.9 Å². The average molecular weight is 313 g/mol. The van der Waals surface area contributed by atoms with E-state index in [-0.39, 0.29) is 13.1 Å². The number of nitrogens with zero attached hydrogens (tertiary/aromatic N) is 1. The molecule has 0 aliphatic carbocycles. The predicted molar refractivity (Wildman–Crippen MR) is 81.1 cm³/mol. The molecule has 4 rings (SSSR count). The van der Waals surface area contributed by atoms with Crippen LogP contribution >= 0.6 is 0 Å². The van der Waals surface area contributed by atoms with Crippen molar-refractivity contribution in [2.45, 2.75) is 6.29 Å². The molecule has 0 atom stereocenters. The number of ether oxygens (including phenoxy) is 4. The molecule has 2 aromatic carbocycles. The van der Waals surface area contributed by atoms with Crippen LogP contribution in [0.5, 0.6) is 11.5 Å². The van der Waals surface area contributed by atoms with Gasteiger partial charge in [0.1, 0.15) is 5.71 Å². The van der Waals surface area contributed by atoms with Crippen LogP contribution in [0, 0.1) is 0 Å². The normalized spacial score (nSPS) is 17.7. The number of oxime groups is 1. The molecular weight excluding hydrogens is 298 g/mol. The van der Waals surface area contributed by atoms with Crippen molar-refractivity contribution in [2.75, 3.05) is 20.0 Å². The second-order valence-corrected chi connectivity index (χ2v) is 5.22. The molecule has 0 saturated carbocycles. The Balaban J connectivity index is 1.68. The third-order valence-corrected chi connectivity index (χ3v) is 3.80. The van der Waals surface area contributed by atoms with Crippen LogP contribution in [0.15, 0.2) is 47.6 Å². The monoisotopic (exact) mass is 313 g/mol. The maximum Gasteiger partial charge on any atom is 0.231 e. The molecule has 1 N–H and O–H groups in total. The molecular formula is C17H15NO5. The van der Waals surface area contributed by atoms with Gasteiger partial charge < -0.3 is 24.2 Å². The fraction of sp³-hybridized carbons (Fsp3) is 0.235. The van der Waals surface area contributed by atoms with Gasteiger partial charge in [0.15, 0.2) is 17.8 Å². The van der Waals surface area contributed by atoms with Gasteiger partial charge >= 0.3 is 0 Å². The molecule has 0 spiro atoms. The highest BCUT2D eigenvalue weighted by molar-refractivity contribution is 6.13.